The Morgan fingerprint density at radius 3 is 0.951 bits per heavy atom. The van der Waals surface area contributed by atoms with E-state index in [-0.39, 0.29) is 19.5 Å². The minimum absolute atomic E-state index is 0. The zero-order valence-corrected chi connectivity index (χ0v) is 34.0. The summed E-state index contributed by atoms with van der Waals surface area (Å²) in [4.78, 5) is 30.1. The van der Waals surface area contributed by atoms with Gasteiger partial charge < -0.3 is 0 Å². The van der Waals surface area contributed by atoms with Gasteiger partial charge in [0.15, 0.2) is 0 Å². The predicted octanol–water partition coefficient (Wildman–Crippen LogP) is 15.5. The van der Waals surface area contributed by atoms with E-state index in [9.17, 15) is 50.4 Å². The molecule has 61 heavy (non-hydrogen) atoms. The molecular formula is C39H27F12N7P2Ru. The van der Waals surface area contributed by atoms with E-state index in [0.29, 0.717) is 0 Å². The Morgan fingerprint density at radius 2 is 0.639 bits per heavy atom. The van der Waals surface area contributed by atoms with Crippen molar-refractivity contribution in [3.8, 4) is 22.5 Å². The Labute approximate surface area is 350 Å². The van der Waals surface area contributed by atoms with Gasteiger partial charge in [-0.05, 0) is 60.2 Å². The number of hydrogen-bond acceptors (Lipinski definition) is 7. The molecule has 0 aliphatic heterocycles. The van der Waals surface area contributed by atoms with Crippen molar-refractivity contribution in [2.45, 2.75) is 0 Å². The molecule has 0 atom stereocenters. The van der Waals surface area contributed by atoms with Crippen LogP contribution in [-0.4, -0.2) is 34.9 Å². The first-order valence-corrected chi connectivity index (χ1v) is 20.9. The molecule has 0 aliphatic carbocycles. The van der Waals surface area contributed by atoms with Crippen LogP contribution in [0.4, 0.5) is 50.4 Å². The molecule has 320 valence electrons. The molecule has 9 aromatic rings. The summed E-state index contributed by atoms with van der Waals surface area (Å²) in [5, 5.41) is 4.55. The van der Waals surface area contributed by atoms with Gasteiger partial charge in [0.05, 0.1) is 33.5 Å². The second kappa shape index (κ2) is 17.3. The maximum atomic E-state index is 9.87. The first-order valence-electron chi connectivity index (χ1n) is 16.8. The van der Waals surface area contributed by atoms with Crippen molar-refractivity contribution in [1.29, 1.82) is 0 Å². The van der Waals surface area contributed by atoms with Crippen LogP contribution < -0.4 is 0 Å². The zero-order chi connectivity index (χ0) is 43.8. The minimum atomic E-state index is -10.7. The van der Waals surface area contributed by atoms with Gasteiger partial charge in [0.25, 0.3) is 0 Å². The maximum absolute atomic E-state index is 10.7. The van der Waals surface area contributed by atoms with E-state index in [1.165, 1.54) is 0 Å². The molecule has 7 nitrogen and oxygen atoms in total. The molecule has 0 saturated heterocycles. The van der Waals surface area contributed by atoms with Gasteiger partial charge in [-0.2, -0.15) is 0 Å². The number of aromatic nitrogens is 7. The average Bonchev–Trinajstić information content (AvgIpc) is 3.20. The summed E-state index contributed by atoms with van der Waals surface area (Å²) in [7, 11) is -21.3. The SMILES string of the molecule is F[P-](F)(F)(F)(F)F.F[P-](F)(F)(F)(F)F.[Ru+2].c1ccc(-c2ccc(-c3ccncc3)cn2)nc1.c1cnc2c(c1)ccc1cccnc12.c1cnc2c(c1)ccc1cccnc12. The fourth-order valence-corrected chi connectivity index (χ4v) is 5.13. The summed E-state index contributed by atoms with van der Waals surface area (Å²) >= 11 is 0. The van der Waals surface area contributed by atoms with Crippen LogP contribution >= 0.6 is 15.6 Å². The molecule has 0 fully saturated rings. The van der Waals surface area contributed by atoms with Gasteiger partial charge in [-0.1, -0.05) is 60.7 Å². The van der Waals surface area contributed by atoms with E-state index in [2.05, 4.69) is 83.4 Å². The van der Waals surface area contributed by atoms with Crippen LogP contribution in [0.2, 0.25) is 0 Å². The van der Waals surface area contributed by atoms with Gasteiger partial charge in [-0.25, -0.2) is 0 Å². The molecule has 0 unspecified atom stereocenters. The zero-order valence-electron chi connectivity index (χ0n) is 30.5. The number of rotatable bonds is 2. The quantitative estimate of drug-likeness (QED) is 0.0737. The van der Waals surface area contributed by atoms with E-state index in [0.717, 1.165) is 66.1 Å². The maximum Gasteiger partial charge on any atom is 2.00 e. The van der Waals surface area contributed by atoms with Crippen molar-refractivity contribution >= 4 is 59.2 Å². The van der Waals surface area contributed by atoms with E-state index in [1.54, 1.807) is 43.4 Å². The normalized spacial score (nSPS) is 13.3. The smallest absolute Gasteiger partial charge is 0.265 e. The molecule has 0 amide bonds. The van der Waals surface area contributed by atoms with Crippen LogP contribution in [0.1, 0.15) is 0 Å². The number of benzene rings is 2. The van der Waals surface area contributed by atoms with Gasteiger partial charge in [-0.3, -0.25) is 34.9 Å². The topological polar surface area (TPSA) is 90.2 Å². The Balaban J connectivity index is 0.000000175. The number of pyridine rings is 7. The third kappa shape index (κ3) is 18.1. The van der Waals surface area contributed by atoms with Gasteiger partial charge in [0, 0.05) is 76.7 Å². The van der Waals surface area contributed by atoms with Crippen molar-refractivity contribution in [3.63, 3.8) is 0 Å². The summed E-state index contributed by atoms with van der Waals surface area (Å²) in [6, 6.07) is 38.1. The summed E-state index contributed by atoms with van der Waals surface area (Å²) in [5.41, 5.74) is 7.88. The molecule has 0 radical (unpaired) electrons. The predicted molar refractivity (Wildman–Crippen MR) is 212 cm³/mol. The monoisotopic (exact) mass is 985 g/mol. The molecular weight excluding hydrogens is 957 g/mol. The van der Waals surface area contributed by atoms with Gasteiger partial charge in [0.1, 0.15) is 0 Å². The fraction of sp³-hybridized carbons (Fsp3) is 0. The van der Waals surface area contributed by atoms with Crippen molar-refractivity contribution in [3.05, 3.63) is 165 Å². The van der Waals surface area contributed by atoms with Crippen LogP contribution in [-0.2, 0) is 19.5 Å². The first kappa shape index (κ1) is 47.8. The summed E-state index contributed by atoms with van der Waals surface area (Å²) < 4.78 is 118. The minimum Gasteiger partial charge on any atom is -0.265 e. The standard InChI is InChI=1S/C15H11N3.2C12H8N2.2F6P.Ru/c1-2-8-17-14(3-1)15-5-4-13(11-18-15)12-6-9-16-10-7-12;2*1-3-9-5-6-10-4-2-8-14-12(10)11(9)13-7-1;2*1-7(2,3,4,5)6;/h1-11H;2*1-8H;;;/q;;;2*-1;+2. The Morgan fingerprint density at radius 1 is 0.295 bits per heavy atom. The molecule has 0 N–H and O–H groups in total. The van der Waals surface area contributed by atoms with Crippen molar-refractivity contribution < 1.29 is 69.8 Å². The van der Waals surface area contributed by atoms with Crippen molar-refractivity contribution in [1.82, 2.24) is 34.9 Å². The second-order valence-corrected chi connectivity index (χ2v) is 16.1. The molecule has 0 bridgehead atoms. The van der Waals surface area contributed by atoms with E-state index < -0.39 is 15.6 Å². The van der Waals surface area contributed by atoms with E-state index in [1.807, 2.05) is 72.9 Å². The number of fused-ring (bicyclic) bond motifs is 6. The van der Waals surface area contributed by atoms with E-state index in [4.69, 9.17) is 0 Å². The summed E-state index contributed by atoms with van der Waals surface area (Å²) in [5.74, 6) is 0. The summed E-state index contributed by atoms with van der Waals surface area (Å²) in [6.45, 7) is 0. The number of halogens is 12. The molecule has 0 saturated carbocycles. The molecule has 2 aromatic carbocycles. The summed E-state index contributed by atoms with van der Waals surface area (Å²) in [6.07, 6.45) is 14.4. The van der Waals surface area contributed by atoms with Crippen LogP contribution in [0.25, 0.3) is 66.1 Å². The van der Waals surface area contributed by atoms with Crippen molar-refractivity contribution in [2.24, 2.45) is 0 Å². The van der Waals surface area contributed by atoms with Gasteiger partial charge in [-0.15, -0.1) is 0 Å². The third-order valence-corrected chi connectivity index (χ3v) is 7.39. The Hall–Kier alpha value is -5.83. The Kier molecular flexibility index (Phi) is 13.5. The van der Waals surface area contributed by atoms with Crippen LogP contribution in [0.15, 0.2) is 165 Å². The third-order valence-electron chi connectivity index (χ3n) is 7.39. The molecule has 7 heterocycles. The van der Waals surface area contributed by atoms with Crippen LogP contribution in [0.3, 0.4) is 0 Å². The van der Waals surface area contributed by atoms with Gasteiger partial charge in [0.2, 0.25) is 0 Å². The average molecular weight is 985 g/mol. The van der Waals surface area contributed by atoms with E-state index >= 15 is 0 Å². The van der Waals surface area contributed by atoms with Crippen LogP contribution in [0, 0.1) is 0 Å². The molecule has 0 aliphatic rings. The fourth-order valence-electron chi connectivity index (χ4n) is 5.13. The second-order valence-electron chi connectivity index (χ2n) is 12.2. The molecule has 7 aromatic heterocycles. The van der Waals surface area contributed by atoms with Gasteiger partial charge >= 0.3 is 85.5 Å². The number of nitrogens with zero attached hydrogens (tertiary/aromatic N) is 7. The van der Waals surface area contributed by atoms with Crippen LogP contribution in [0.5, 0.6) is 0 Å². The molecule has 22 heteroatoms. The molecule has 0 spiro atoms. The Bertz CT molecular complexity index is 2540. The largest absolute Gasteiger partial charge is 2.00 e. The van der Waals surface area contributed by atoms with Crippen molar-refractivity contribution in [2.75, 3.05) is 0 Å². The molecule has 9 rings (SSSR count). The number of hydrogen-bond donors (Lipinski definition) is 0. The first-order chi connectivity index (χ1) is 27.7.